The molecular formula is C17H16. The number of hydrogen-bond acceptors (Lipinski definition) is 0. The second-order valence-electron chi connectivity index (χ2n) is 4.13. The Bertz CT molecular complexity index is 551. The molecule has 0 saturated carbocycles. The van der Waals surface area contributed by atoms with Gasteiger partial charge < -0.3 is 0 Å². The summed E-state index contributed by atoms with van der Waals surface area (Å²) < 4.78 is 0. The highest BCUT2D eigenvalue weighted by molar-refractivity contribution is 5.46. The van der Waals surface area contributed by atoms with Crippen LogP contribution in [0.15, 0.2) is 48.5 Å². The predicted octanol–water partition coefficient (Wildman–Crippen LogP) is 3.96. The molecule has 0 heteroatoms. The lowest BCUT2D eigenvalue weighted by Crippen LogP contribution is -1.86. The van der Waals surface area contributed by atoms with E-state index in [1.807, 2.05) is 6.07 Å². The number of benzene rings is 2. The summed E-state index contributed by atoms with van der Waals surface area (Å²) in [6, 6.07) is 16.6. The number of hydrogen-bond donors (Lipinski definition) is 0. The van der Waals surface area contributed by atoms with E-state index < -0.39 is 0 Å². The largest absolute Gasteiger partial charge is 0.0619 e. The second kappa shape index (κ2) is 5.37. The van der Waals surface area contributed by atoms with Gasteiger partial charge in [-0.1, -0.05) is 54.7 Å². The molecule has 17 heavy (non-hydrogen) atoms. The fraction of sp³-hybridized carbons (Fsp3) is 0.176. The molecule has 0 aliphatic rings. The molecule has 84 valence electrons. The van der Waals surface area contributed by atoms with Crippen LogP contribution in [-0.2, 0) is 6.42 Å². The van der Waals surface area contributed by atoms with Gasteiger partial charge in [0.2, 0.25) is 0 Å². The van der Waals surface area contributed by atoms with Crippen LogP contribution in [0.5, 0.6) is 0 Å². The van der Waals surface area contributed by atoms with E-state index >= 15 is 0 Å². The summed E-state index contributed by atoms with van der Waals surface area (Å²) in [6.07, 6.45) is 1.03. The first kappa shape index (κ1) is 11.5. The highest BCUT2D eigenvalue weighted by Crippen LogP contribution is 2.08. The lowest BCUT2D eigenvalue weighted by molar-refractivity contribution is 1.13. The fourth-order valence-electron chi connectivity index (χ4n) is 1.73. The Labute approximate surface area is 103 Å². The van der Waals surface area contributed by atoms with Gasteiger partial charge >= 0.3 is 0 Å². The van der Waals surface area contributed by atoms with Crippen molar-refractivity contribution in [1.82, 2.24) is 0 Å². The Hall–Kier alpha value is -2.00. The summed E-state index contributed by atoms with van der Waals surface area (Å²) in [4.78, 5) is 0. The van der Waals surface area contributed by atoms with Gasteiger partial charge in [-0.15, -0.1) is 0 Å². The first-order valence-corrected chi connectivity index (χ1v) is 5.96. The van der Waals surface area contributed by atoms with Crippen LogP contribution >= 0.6 is 0 Å². The average Bonchev–Trinajstić information content (AvgIpc) is 2.38. The fourth-order valence-corrected chi connectivity index (χ4v) is 1.73. The van der Waals surface area contributed by atoms with Crippen molar-refractivity contribution in [1.29, 1.82) is 0 Å². The van der Waals surface area contributed by atoms with Gasteiger partial charge in [-0.2, -0.15) is 0 Å². The van der Waals surface area contributed by atoms with Crippen LogP contribution in [0.2, 0.25) is 0 Å². The first-order valence-electron chi connectivity index (χ1n) is 5.96. The molecule has 0 fully saturated rings. The van der Waals surface area contributed by atoms with E-state index in [9.17, 15) is 0 Å². The zero-order chi connectivity index (χ0) is 12.1. The van der Waals surface area contributed by atoms with Gasteiger partial charge in [0.05, 0.1) is 0 Å². The van der Waals surface area contributed by atoms with Gasteiger partial charge in [0.1, 0.15) is 0 Å². The van der Waals surface area contributed by atoms with Crippen molar-refractivity contribution < 1.29 is 0 Å². The van der Waals surface area contributed by atoms with Crippen molar-refractivity contribution in [2.75, 3.05) is 0 Å². The van der Waals surface area contributed by atoms with E-state index in [2.05, 4.69) is 68.2 Å². The van der Waals surface area contributed by atoms with Crippen LogP contribution in [0.3, 0.4) is 0 Å². The molecule has 0 amide bonds. The summed E-state index contributed by atoms with van der Waals surface area (Å²) in [5, 5.41) is 0. The minimum Gasteiger partial charge on any atom is -0.0619 e. The van der Waals surface area contributed by atoms with Crippen LogP contribution in [0.1, 0.15) is 29.2 Å². The molecule has 0 spiro atoms. The Morgan fingerprint density at radius 3 is 2.29 bits per heavy atom. The molecule has 2 aromatic carbocycles. The van der Waals surface area contributed by atoms with Crippen LogP contribution in [0.4, 0.5) is 0 Å². The Kier molecular flexibility index (Phi) is 3.62. The molecule has 0 bridgehead atoms. The topological polar surface area (TPSA) is 0 Å². The molecule has 2 aromatic rings. The zero-order valence-corrected chi connectivity index (χ0v) is 10.3. The molecule has 0 saturated heterocycles. The smallest absolute Gasteiger partial charge is 0.0280 e. The van der Waals surface area contributed by atoms with Gasteiger partial charge in [-0.3, -0.25) is 0 Å². The summed E-state index contributed by atoms with van der Waals surface area (Å²) >= 11 is 0. The third-order valence-electron chi connectivity index (χ3n) is 2.79. The second-order valence-corrected chi connectivity index (χ2v) is 4.13. The maximum Gasteiger partial charge on any atom is 0.0280 e. The van der Waals surface area contributed by atoms with Gasteiger partial charge in [0, 0.05) is 11.1 Å². The Balaban J connectivity index is 2.29. The third-order valence-corrected chi connectivity index (χ3v) is 2.79. The SMILES string of the molecule is CCc1ccccc1C#Cc1ccc(C)cc1. The average molecular weight is 220 g/mol. The van der Waals surface area contributed by atoms with Crippen LogP contribution < -0.4 is 0 Å². The van der Waals surface area contributed by atoms with Gasteiger partial charge in [0.15, 0.2) is 0 Å². The summed E-state index contributed by atoms with van der Waals surface area (Å²) in [6.45, 7) is 4.25. The van der Waals surface area contributed by atoms with Crippen molar-refractivity contribution in [3.05, 3.63) is 70.8 Å². The van der Waals surface area contributed by atoms with Gasteiger partial charge in [-0.25, -0.2) is 0 Å². The molecule has 2 rings (SSSR count). The number of rotatable bonds is 1. The highest BCUT2D eigenvalue weighted by atomic mass is 14.0. The molecule has 0 N–H and O–H groups in total. The Morgan fingerprint density at radius 1 is 0.882 bits per heavy atom. The molecular weight excluding hydrogens is 204 g/mol. The first-order chi connectivity index (χ1) is 8.29. The minimum absolute atomic E-state index is 1.03. The third kappa shape index (κ3) is 2.98. The zero-order valence-electron chi connectivity index (χ0n) is 10.3. The molecule has 0 aromatic heterocycles. The van der Waals surface area contributed by atoms with E-state index in [-0.39, 0.29) is 0 Å². The van der Waals surface area contributed by atoms with Crippen LogP contribution in [-0.4, -0.2) is 0 Å². The van der Waals surface area contributed by atoms with Crippen LogP contribution in [0.25, 0.3) is 0 Å². The monoisotopic (exact) mass is 220 g/mol. The van der Waals surface area contributed by atoms with Crippen molar-refractivity contribution in [2.45, 2.75) is 20.3 Å². The lowest BCUT2D eigenvalue weighted by Gasteiger charge is -1.99. The predicted molar refractivity (Wildman–Crippen MR) is 73.0 cm³/mol. The van der Waals surface area contributed by atoms with E-state index in [0.29, 0.717) is 0 Å². The molecule has 0 unspecified atom stereocenters. The summed E-state index contributed by atoms with van der Waals surface area (Å²) in [7, 11) is 0. The number of aryl methyl sites for hydroxylation is 2. The van der Waals surface area contributed by atoms with E-state index in [4.69, 9.17) is 0 Å². The molecule has 0 aliphatic heterocycles. The quantitative estimate of drug-likeness (QED) is 0.638. The van der Waals surface area contributed by atoms with Gasteiger partial charge in [-0.05, 0) is 37.1 Å². The highest BCUT2D eigenvalue weighted by Gasteiger charge is 1.94. The van der Waals surface area contributed by atoms with E-state index in [1.165, 1.54) is 11.1 Å². The molecule has 0 aliphatic carbocycles. The molecule has 0 nitrogen and oxygen atoms in total. The molecule has 0 radical (unpaired) electrons. The van der Waals surface area contributed by atoms with E-state index in [0.717, 1.165) is 17.5 Å². The standard InChI is InChI=1S/C17H16/c1-3-16-6-4-5-7-17(16)13-12-15-10-8-14(2)9-11-15/h4-11H,3H2,1-2H3. The van der Waals surface area contributed by atoms with Crippen molar-refractivity contribution >= 4 is 0 Å². The van der Waals surface area contributed by atoms with Crippen molar-refractivity contribution in [2.24, 2.45) is 0 Å². The van der Waals surface area contributed by atoms with Crippen molar-refractivity contribution in [3.63, 3.8) is 0 Å². The summed E-state index contributed by atoms with van der Waals surface area (Å²) in [5.74, 6) is 6.46. The minimum atomic E-state index is 1.03. The van der Waals surface area contributed by atoms with Crippen molar-refractivity contribution in [3.8, 4) is 11.8 Å². The Morgan fingerprint density at radius 2 is 1.59 bits per heavy atom. The van der Waals surface area contributed by atoms with E-state index in [1.54, 1.807) is 0 Å². The maximum atomic E-state index is 3.25. The molecule has 0 heterocycles. The lowest BCUT2D eigenvalue weighted by atomic mass is 10.1. The normalized spacial score (nSPS) is 9.53. The maximum absolute atomic E-state index is 3.25. The van der Waals surface area contributed by atoms with Gasteiger partial charge in [0.25, 0.3) is 0 Å². The summed E-state index contributed by atoms with van der Waals surface area (Å²) in [5.41, 5.74) is 4.79. The van der Waals surface area contributed by atoms with Crippen LogP contribution in [0, 0.1) is 18.8 Å². The molecule has 0 atom stereocenters.